The van der Waals surface area contributed by atoms with Crippen molar-refractivity contribution in [2.24, 2.45) is 5.73 Å². The molecule has 2 unspecified atom stereocenters. The molecule has 0 aliphatic carbocycles. The van der Waals surface area contributed by atoms with Crippen molar-refractivity contribution in [3.05, 3.63) is 0 Å². The lowest BCUT2D eigenvalue weighted by molar-refractivity contribution is -0.288. The predicted octanol–water partition coefficient (Wildman–Crippen LogP) is -2.68. The quantitative estimate of drug-likeness (QED) is 0.412. The Hall–Kier alpha value is -0.730. The van der Waals surface area contributed by atoms with E-state index in [-0.39, 0.29) is 6.61 Å². The van der Waals surface area contributed by atoms with Crippen LogP contribution in [0.2, 0.25) is 0 Å². The SMILES string of the molecule is CCO[C@@H]1OC(C(N)=O)[C@@H](O)C(O)[C@@H]1O. The number of ether oxygens (including phenoxy) is 2. The van der Waals surface area contributed by atoms with Gasteiger partial charge in [-0.1, -0.05) is 0 Å². The number of primary amides is 1. The third-order valence-electron chi connectivity index (χ3n) is 2.18. The van der Waals surface area contributed by atoms with E-state index in [2.05, 4.69) is 0 Å². The zero-order valence-electron chi connectivity index (χ0n) is 8.24. The fourth-order valence-corrected chi connectivity index (χ4v) is 1.39. The van der Waals surface area contributed by atoms with E-state index in [0.717, 1.165) is 0 Å². The van der Waals surface area contributed by atoms with Crippen molar-refractivity contribution in [3.8, 4) is 0 Å². The van der Waals surface area contributed by atoms with Crippen LogP contribution in [-0.4, -0.2) is 58.5 Å². The Balaban J connectivity index is 2.75. The summed E-state index contributed by atoms with van der Waals surface area (Å²) in [6.07, 6.45) is -7.01. The van der Waals surface area contributed by atoms with Gasteiger partial charge in [-0.25, -0.2) is 0 Å². The Morgan fingerprint density at radius 1 is 1.33 bits per heavy atom. The maximum absolute atomic E-state index is 10.9. The first-order chi connectivity index (χ1) is 6.99. The second kappa shape index (κ2) is 4.86. The van der Waals surface area contributed by atoms with Gasteiger partial charge in [-0.2, -0.15) is 0 Å². The smallest absolute Gasteiger partial charge is 0.249 e. The van der Waals surface area contributed by atoms with E-state index in [0.29, 0.717) is 0 Å². The van der Waals surface area contributed by atoms with Crippen molar-refractivity contribution in [2.45, 2.75) is 37.6 Å². The minimum absolute atomic E-state index is 0.232. The molecule has 5 atom stereocenters. The molecule has 0 aromatic heterocycles. The second-order valence-corrected chi connectivity index (χ2v) is 3.25. The molecule has 0 bridgehead atoms. The highest BCUT2D eigenvalue weighted by molar-refractivity contribution is 5.79. The van der Waals surface area contributed by atoms with Gasteiger partial charge in [0.1, 0.15) is 18.3 Å². The molecule has 1 rings (SSSR count). The highest BCUT2D eigenvalue weighted by atomic mass is 16.7. The number of aliphatic hydroxyl groups is 3. The van der Waals surface area contributed by atoms with Gasteiger partial charge in [0.2, 0.25) is 5.91 Å². The van der Waals surface area contributed by atoms with E-state index in [1.54, 1.807) is 6.92 Å². The molecule has 0 saturated carbocycles. The highest BCUT2D eigenvalue weighted by Gasteiger charge is 2.46. The van der Waals surface area contributed by atoms with E-state index < -0.39 is 36.6 Å². The van der Waals surface area contributed by atoms with Gasteiger partial charge in [0.05, 0.1) is 0 Å². The first kappa shape index (κ1) is 12.3. The zero-order valence-corrected chi connectivity index (χ0v) is 8.24. The molecule has 0 aromatic carbocycles. The summed E-state index contributed by atoms with van der Waals surface area (Å²) in [5.41, 5.74) is 4.95. The van der Waals surface area contributed by atoms with Crippen LogP contribution in [0.1, 0.15) is 6.92 Å². The van der Waals surface area contributed by atoms with E-state index >= 15 is 0 Å². The van der Waals surface area contributed by atoms with Crippen molar-refractivity contribution in [1.29, 1.82) is 0 Å². The summed E-state index contributed by atoms with van der Waals surface area (Å²) in [7, 11) is 0. The van der Waals surface area contributed by atoms with Crippen LogP contribution in [0.3, 0.4) is 0 Å². The first-order valence-electron chi connectivity index (χ1n) is 4.59. The molecule has 1 aliphatic rings. The van der Waals surface area contributed by atoms with Crippen molar-refractivity contribution in [3.63, 3.8) is 0 Å². The summed E-state index contributed by atoms with van der Waals surface area (Å²) in [5.74, 6) is -0.918. The third kappa shape index (κ3) is 2.44. The van der Waals surface area contributed by atoms with Crippen molar-refractivity contribution < 1.29 is 29.6 Å². The first-order valence-corrected chi connectivity index (χ1v) is 4.59. The molecule has 1 amide bonds. The lowest BCUT2D eigenvalue weighted by Gasteiger charge is -2.38. The maximum atomic E-state index is 10.9. The molecular weight excluding hydrogens is 206 g/mol. The lowest BCUT2D eigenvalue weighted by Crippen LogP contribution is -2.61. The summed E-state index contributed by atoms with van der Waals surface area (Å²) in [6.45, 7) is 1.89. The van der Waals surface area contributed by atoms with Gasteiger partial charge in [0, 0.05) is 6.61 Å². The molecule has 1 heterocycles. The molecule has 7 heteroatoms. The van der Waals surface area contributed by atoms with Gasteiger partial charge in [0.25, 0.3) is 0 Å². The number of aliphatic hydroxyl groups excluding tert-OH is 3. The number of carbonyl (C=O) groups is 1. The molecule has 1 aliphatic heterocycles. The topological polar surface area (TPSA) is 122 Å². The summed E-state index contributed by atoms with van der Waals surface area (Å²) in [6, 6.07) is 0. The lowest BCUT2D eigenvalue weighted by atomic mass is 9.98. The van der Waals surface area contributed by atoms with E-state index in [1.165, 1.54) is 0 Å². The van der Waals surface area contributed by atoms with Crippen LogP contribution in [0.5, 0.6) is 0 Å². The minimum Gasteiger partial charge on any atom is -0.387 e. The molecular formula is C8H15NO6. The Kier molecular flexibility index (Phi) is 4.00. The molecule has 15 heavy (non-hydrogen) atoms. The van der Waals surface area contributed by atoms with Crippen molar-refractivity contribution in [1.82, 2.24) is 0 Å². The summed E-state index contributed by atoms with van der Waals surface area (Å²) < 4.78 is 9.87. The predicted molar refractivity (Wildman–Crippen MR) is 47.5 cm³/mol. The molecule has 5 N–H and O–H groups in total. The number of hydrogen-bond donors (Lipinski definition) is 4. The second-order valence-electron chi connectivity index (χ2n) is 3.25. The molecule has 1 fully saturated rings. The molecule has 0 aromatic rings. The summed E-state index contributed by atoms with van der Waals surface area (Å²) >= 11 is 0. The van der Waals surface area contributed by atoms with Crippen molar-refractivity contribution >= 4 is 5.91 Å². The van der Waals surface area contributed by atoms with Crippen LogP contribution >= 0.6 is 0 Å². The number of amides is 1. The Morgan fingerprint density at radius 2 is 1.93 bits per heavy atom. The van der Waals surface area contributed by atoms with E-state index in [4.69, 9.17) is 15.2 Å². The van der Waals surface area contributed by atoms with E-state index in [1.807, 2.05) is 0 Å². The Bertz CT molecular complexity index is 235. The minimum atomic E-state index is -1.55. The molecule has 0 spiro atoms. The fourth-order valence-electron chi connectivity index (χ4n) is 1.39. The fraction of sp³-hybridized carbons (Fsp3) is 0.875. The molecule has 0 radical (unpaired) electrons. The highest BCUT2D eigenvalue weighted by Crippen LogP contribution is 2.21. The van der Waals surface area contributed by atoms with Gasteiger partial charge in [-0.05, 0) is 6.92 Å². The number of hydrogen-bond acceptors (Lipinski definition) is 6. The number of nitrogens with two attached hydrogens (primary N) is 1. The standard InChI is InChI=1S/C8H15NO6/c1-2-14-8-5(12)3(10)4(11)6(15-8)7(9)13/h3-6,8,10-12H,2H2,1H3,(H2,9,13)/t3?,4-,5-,6?,8+/m0/s1. The van der Waals surface area contributed by atoms with Crippen LogP contribution in [0.4, 0.5) is 0 Å². The normalized spacial score (nSPS) is 41.5. The molecule has 88 valence electrons. The largest absolute Gasteiger partial charge is 0.387 e. The average molecular weight is 221 g/mol. The molecule has 7 nitrogen and oxygen atoms in total. The maximum Gasteiger partial charge on any atom is 0.249 e. The van der Waals surface area contributed by atoms with Crippen LogP contribution < -0.4 is 5.73 Å². The van der Waals surface area contributed by atoms with Crippen LogP contribution in [0.15, 0.2) is 0 Å². The Morgan fingerprint density at radius 3 is 2.40 bits per heavy atom. The summed E-state index contributed by atoms with van der Waals surface area (Å²) in [4.78, 5) is 10.9. The van der Waals surface area contributed by atoms with Gasteiger partial charge >= 0.3 is 0 Å². The average Bonchev–Trinajstić information content (AvgIpc) is 2.18. The van der Waals surface area contributed by atoms with Gasteiger partial charge in [0.15, 0.2) is 12.4 Å². The van der Waals surface area contributed by atoms with Gasteiger partial charge in [-0.3, -0.25) is 4.79 Å². The number of rotatable bonds is 3. The summed E-state index contributed by atoms with van der Waals surface area (Å²) in [5, 5.41) is 28.2. The molecule has 1 saturated heterocycles. The zero-order chi connectivity index (χ0) is 11.6. The van der Waals surface area contributed by atoms with Crippen LogP contribution in [-0.2, 0) is 14.3 Å². The van der Waals surface area contributed by atoms with Crippen LogP contribution in [0, 0.1) is 0 Å². The van der Waals surface area contributed by atoms with Crippen molar-refractivity contribution in [2.75, 3.05) is 6.61 Å². The number of carbonyl (C=O) groups excluding carboxylic acids is 1. The van der Waals surface area contributed by atoms with Crippen LogP contribution in [0.25, 0.3) is 0 Å². The monoisotopic (exact) mass is 221 g/mol. The van der Waals surface area contributed by atoms with Gasteiger partial charge in [-0.15, -0.1) is 0 Å². The third-order valence-corrected chi connectivity index (χ3v) is 2.18. The Labute approximate surface area is 86.4 Å². The van der Waals surface area contributed by atoms with E-state index in [9.17, 15) is 20.1 Å². The van der Waals surface area contributed by atoms with Gasteiger partial charge < -0.3 is 30.5 Å².